The van der Waals surface area contributed by atoms with E-state index in [4.69, 9.17) is 0 Å². The molecule has 26 heavy (non-hydrogen) atoms. The maximum Gasteiger partial charge on any atom is 0.212 e. The summed E-state index contributed by atoms with van der Waals surface area (Å²) in [6, 6.07) is 17.3. The van der Waals surface area contributed by atoms with Gasteiger partial charge < -0.3 is 0 Å². The first kappa shape index (κ1) is 16.5. The third kappa shape index (κ3) is 2.14. The number of hydrogen-bond acceptors (Lipinski definition) is 1. The van der Waals surface area contributed by atoms with Gasteiger partial charge >= 0.3 is 0 Å². The fourth-order valence-corrected chi connectivity index (χ4v) is 4.58. The van der Waals surface area contributed by atoms with Crippen molar-refractivity contribution in [2.75, 3.05) is 0 Å². The standard InChI is InChI=1S/C24H23N2/c1-15-9-12-20(26(5)14-15)21-16(2)10-11-19-18-8-6-7-17(13-25)22(18)24(3,4)23(19)21/h6-12,14H,1-5H3/q+1. The number of nitriles is 1. The van der Waals surface area contributed by atoms with Gasteiger partial charge in [0, 0.05) is 17.0 Å². The highest BCUT2D eigenvalue weighted by Gasteiger charge is 2.41. The summed E-state index contributed by atoms with van der Waals surface area (Å²) in [4.78, 5) is 0. The lowest BCUT2D eigenvalue weighted by Gasteiger charge is -2.25. The maximum atomic E-state index is 9.67. The summed E-state index contributed by atoms with van der Waals surface area (Å²) in [5.41, 5.74) is 10.5. The Balaban J connectivity index is 2.11. The van der Waals surface area contributed by atoms with Crippen LogP contribution in [-0.2, 0) is 12.5 Å². The predicted octanol–water partition coefficient (Wildman–Crippen LogP) is 4.97. The molecule has 0 amide bonds. The van der Waals surface area contributed by atoms with Crippen LogP contribution in [0.4, 0.5) is 0 Å². The first-order chi connectivity index (χ1) is 12.4. The van der Waals surface area contributed by atoms with Crippen LogP contribution in [0.25, 0.3) is 22.4 Å². The summed E-state index contributed by atoms with van der Waals surface area (Å²) in [5.74, 6) is 0. The zero-order valence-electron chi connectivity index (χ0n) is 16.0. The molecule has 0 aliphatic heterocycles. The van der Waals surface area contributed by atoms with Crippen LogP contribution in [0.1, 0.15) is 41.7 Å². The van der Waals surface area contributed by atoms with Gasteiger partial charge in [-0.3, -0.25) is 0 Å². The van der Waals surface area contributed by atoms with Crippen molar-refractivity contribution in [3.8, 4) is 28.5 Å². The first-order valence-corrected chi connectivity index (χ1v) is 9.01. The highest BCUT2D eigenvalue weighted by molar-refractivity contribution is 5.89. The van der Waals surface area contributed by atoms with Crippen LogP contribution in [0.5, 0.6) is 0 Å². The minimum Gasteiger partial charge on any atom is -0.201 e. The molecule has 0 unspecified atom stereocenters. The molecular formula is C24H23N2+. The monoisotopic (exact) mass is 339 g/mol. The summed E-state index contributed by atoms with van der Waals surface area (Å²) in [6.07, 6.45) is 2.17. The van der Waals surface area contributed by atoms with Gasteiger partial charge in [-0.1, -0.05) is 38.1 Å². The number of aromatic nitrogens is 1. The summed E-state index contributed by atoms with van der Waals surface area (Å²) in [7, 11) is 2.11. The molecule has 0 bridgehead atoms. The van der Waals surface area contributed by atoms with E-state index in [-0.39, 0.29) is 5.41 Å². The van der Waals surface area contributed by atoms with Crippen LogP contribution >= 0.6 is 0 Å². The van der Waals surface area contributed by atoms with Crippen LogP contribution in [0, 0.1) is 25.2 Å². The molecule has 2 nitrogen and oxygen atoms in total. The van der Waals surface area contributed by atoms with Gasteiger partial charge in [0.1, 0.15) is 7.05 Å². The zero-order valence-corrected chi connectivity index (χ0v) is 16.0. The van der Waals surface area contributed by atoms with Gasteiger partial charge in [-0.15, -0.1) is 0 Å². The number of aryl methyl sites for hydroxylation is 3. The molecule has 1 heterocycles. The molecule has 4 rings (SSSR count). The molecule has 0 fully saturated rings. The third-order valence-corrected chi connectivity index (χ3v) is 5.68. The van der Waals surface area contributed by atoms with Crippen LogP contribution in [0.3, 0.4) is 0 Å². The molecule has 3 aromatic rings. The largest absolute Gasteiger partial charge is 0.212 e. The molecule has 1 aromatic heterocycles. The fraction of sp³-hybridized carbons (Fsp3) is 0.250. The van der Waals surface area contributed by atoms with Crippen molar-refractivity contribution in [3.05, 3.63) is 76.5 Å². The van der Waals surface area contributed by atoms with E-state index in [1.807, 2.05) is 12.1 Å². The molecule has 0 spiro atoms. The van der Waals surface area contributed by atoms with E-state index >= 15 is 0 Å². The Morgan fingerprint density at radius 3 is 2.35 bits per heavy atom. The summed E-state index contributed by atoms with van der Waals surface area (Å²) < 4.78 is 2.21. The molecular weight excluding hydrogens is 316 g/mol. The number of benzene rings is 2. The molecule has 2 aromatic carbocycles. The Kier molecular flexibility index (Phi) is 3.53. The van der Waals surface area contributed by atoms with Crippen LogP contribution in [0.15, 0.2) is 48.7 Å². The Labute approximate surface area is 155 Å². The number of fused-ring (bicyclic) bond motifs is 3. The second kappa shape index (κ2) is 5.54. The van der Waals surface area contributed by atoms with Crippen molar-refractivity contribution in [2.45, 2.75) is 33.1 Å². The van der Waals surface area contributed by atoms with Gasteiger partial charge in [0.25, 0.3) is 0 Å². The minimum absolute atomic E-state index is 0.212. The summed E-state index contributed by atoms with van der Waals surface area (Å²) in [6.45, 7) is 8.79. The van der Waals surface area contributed by atoms with Crippen LogP contribution in [0.2, 0.25) is 0 Å². The zero-order chi connectivity index (χ0) is 18.6. The lowest BCUT2D eigenvalue weighted by atomic mass is 9.77. The molecule has 0 radical (unpaired) electrons. The molecule has 1 aliphatic carbocycles. The van der Waals surface area contributed by atoms with Gasteiger partial charge in [-0.2, -0.15) is 5.26 Å². The van der Waals surface area contributed by atoms with Crippen molar-refractivity contribution < 1.29 is 4.57 Å². The summed E-state index contributed by atoms with van der Waals surface area (Å²) in [5, 5.41) is 9.67. The van der Waals surface area contributed by atoms with E-state index in [0.717, 1.165) is 11.1 Å². The van der Waals surface area contributed by atoms with E-state index < -0.39 is 0 Å². The average Bonchev–Trinajstić information content (AvgIpc) is 2.84. The highest BCUT2D eigenvalue weighted by Crippen LogP contribution is 2.53. The molecule has 0 atom stereocenters. The maximum absolute atomic E-state index is 9.67. The number of nitrogens with zero attached hydrogens (tertiary/aromatic N) is 2. The van der Waals surface area contributed by atoms with E-state index in [0.29, 0.717) is 0 Å². The highest BCUT2D eigenvalue weighted by atomic mass is 14.9. The third-order valence-electron chi connectivity index (χ3n) is 5.68. The van der Waals surface area contributed by atoms with Crippen LogP contribution in [-0.4, -0.2) is 0 Å². The quantitative estimate of drug-likeness (QED) is 0.575. The SMILES string of the molecule is Cc1ccc(-c2c(C)ccc3c2C(C)(C)c2c(C#N)cccc2-3)[n+](C)c1. The smallest absolute Gasteiger partial charge is 0.201 e. The molecule has 128 valence electrons. The van der Waals surface area contributed by atoms with Crippen molar-refractivity contribution in [1.29, 1.82) is 5.26 Å². The molecule has 0 saturated carbocycles. The number of pyridine rings is 1. The Morgan fingerprint density at radius 2 is 1.65 bits per heavy atom. The second-order valence-corrected chi connectivity index (χ2v) is 7.85. The normalized spacial score (nSPS) is 13.8. The number of rotatable bonds is 1. The van der Waals surface area contributed by atoms with Crippen molar-refractivity contribution in [3.63, 3.8) is 0 Å². The first-order valence-electron chi connectivity index (χ1n) is 9.01. The van der Waals surface area contributed by atoms with Crippen molar-refractivity contribution in [2.24, 2.45) is 7.05 Å². The van der Waals surface area contributed by atoms with E-state index in [1.165, 1.54) is 39.1 Å². The Hall–Kier alpha value is -2.92. The minimum atomic E-state index is -0.212. The van der Waals surface area contributed by atoms with Crippen LogP contribution < -0.4 is 4.57 Å². The van der Waals surface area contributed by atoms with Crippen molar-refractivity contribution >= 4 is 0 Å². The predicted molar refractivity (Wildman–Crippen MR) is 105 cm³/mol. The molecule has 0 N–H and O–H groups in total. The van der Waals surface area contributed by atoms with E-state index in [9.17, 15) is 5.26 Å². The van der Waals surface area contributed by atoms with Gasteiger partial charge in [-0.25, -0.2) is 4.57 Å². The lowest BCUT2D eigenvalue weighted by Crippen LogP contribution is -2.32. The Morgan fingerprint density at radius 1 is 0.923 bits per heavy atom. The topological polar surface area (TPSA) is 27.7 Å². The van der Waals surface area contributed by atoms with Gasteiger partial charge in [0.15, 0.2) is 6.20 Å². The lowest BCUT2D eigenvalue weighted by molar-refractivity contribution is -0.660. The second-order valence-electron chi connectivity index (χ2n) is 7.85. The van der Waals surface area contributed by atoms with E-state index in [1.54, 1.807) is 0 Å². The van der Waals surface area contributed by atoms with Gasteiger partial charge in [0.05, 0.1) is 17.2 Å². The summed E-state index contributed by atoms with van der Waals surface area (Å²) >= 11 is 0. The fourth-order valence-electron chi connectivity index (χ4n) is 4.58. The number of hydrogen-bond donors (Lipinski definition) is 0. The molecule has 0 saturated heterocycles. The van der Waals surface area contributed by atoms with E-state index in [2.05, 4.69) is 81.9 Å². The van der Waals surface area contributed by atoms with Gasteiger partial charge in [-0.05, 0) is 53.8 Å². The molecule has 2 heteroatoms. The Bertz CT molecular complexity index is 1100. The average molecular weight is 339 g/mol. The van der Waals surface area contributed by atoms with Crippen molar-refractivity contribution in [1.82, 2.24) is 0 Å². The molecule has 1 aliphatic rings. The van der Waals surface area contributed by atoms with Gasteiger partial charge in [0.2, 0.25) is 5.69 Å².